The van der Waals surface area contributed by atoms with Crippen LogP contribution in [-0.4, -0.2) is 40.1 Å². The molecule has 0 atom stereocenters. The Kier molecular flexibility index (Phi) is 5.54. The first-order valence-corrected chi connectivity index (χ1v) is 5.29. The molecule has 0 heterocycles. The third kappa shape index (κ3) is 3.68. The Labute approximate surface area is 105 Å². The second kappa shape index (κ2) is 6.93. The van der Waals surface area contributed by atoms with E-state index in [0.717, 1.165) is 6.07 Å². The second-order valence-corrected chi connectivity index (χ2v) is 3.46. The van der Waals surface area contributed by atoms with E-state index in [0.29, 0.717) is 0 Å². The molecule has 6 heteroatoms. The van der Waals surface area contributed by atoms with Gasteiger partial charge in [0.05, 0.1) is 19.2 Å². The van der Waals surface area contributed by atoms with Crippen LogP contribution in [0.1, 0.15) is 10.4 Å². The van der Waals surface area contributed by atoms with Gasteiger partial charge in [-0.3, -0.25) is 4.79 Å². The van der Waals surface area contributed by atoms with E-state index in [1.54, 1.807) is 0 Å². The molecular formula is C12H16FNO4. The number of benzene rings is 1. The number of amides is 1. The fourth-order valence-corrected chi connectivity index (χ4v) is 1.39. The number of nitrogens with one attached hydrogen (secondary N) is 1. The molecule has 0 aromatic heterocycles. The Bertz CT molecular complexity index is 407. The van der Waals surface area contributed by atoms with Crippen LogP contribution in [0.3, 0.4) is 0 Å². The van der Waals surface area contributed by atoms with Crippen LogP contribution in [0.25, 0.3) is 0 Å². The molecule has 0 saturated carbocycles. The van der Waals surface area contributed by atoms with Gasteiger partial charge in [-0.25, -0.2) is 4.39 Å². The molecule has 1 aromatic carbocycles. The molecular weight excluding hydrogens is 241 g/mol. The van der Waals surface area contributed by atoms with Crippen molar-refractivity contribution in [2.24, 2.45) is 0 Å². The summed E-state index contributed by atoms with van der Waals surface area (Å²) < 4.78 is 27.8. The van der Waals surface area contributed by atoms with Gasteiger partial charge in [-0.05, 0) is 12.1 Å². The minimum Gasteiger partial charge on any atom is -0.496 e. The number of methoxy groups -OCH3 is 3. The van der Waals surface area contributed by atoms with Crippen molar-refractivity contribution < 1.29 is 23.4 Å². The van der Waals surface area contributed by atoms with Crippen LogP contribution in [-0.2, 0) is 9.47 Å². The van der Waals surface area contributed by atoms with Crippen molar-refractivity contribution in [1.29, 1.82) is 0 Å². The van der Waals surface area contributed by atoms with E-state index < -0.39 is 12.1 Å². The van der Waals surface area contributed by atoms with E-state index in [-0.39, 0.29) is 23.8 Å². The molecule has 0 fully saturated rings. The number of rotatable bonds is 6. The van der Waals surface area contributed by atoms with Gasteiger partial charge in [0.1, 0.15) is 11.6 Å². The molecule has 0 saturated heterocycles. The smallest absolute Gasteiger partial charge is 0.255 e. The lowest BCUT2D eigenvalue weighted by Crippen LogP contribution is -2.34. The molecule has 0 spiro atoms. The minimum absolute atomic E-state index is 0.180. The number of hydrogen-bond donors (Lipinski definition) is 1. The van der Waals surface area contributed by atoms with Crippen molar-refractivity contribution in [3.05, 3.63) is 29.6 Å². The normalized spacial score (nSPS) is 10.5. The summed E-state index contributed by atoms with van der Waals surface area (Å²) in [5, 5.41) is 2.60. The zero-order valence-electron chi connectivity index (χ0n) is 10.5. The van der Waals surface area contributed by atoms with Crippen LogP contribution in [0.5, 0.6) is 5.75 Å². The second-order valence-electron chi connectivity index (χ2n) is 3.46. The molecule has 0 aliphatic rings. The van der Waals surface area contributed by atoms with E-state index in [1.165, 1.54) is 33.5 Å². The summed E-state index contributed by atoms with van der Waals surface area (Å²) in [5.41, 5.74) is 0.254. The Hall–Kier alpha value is -1.66. The van der Waals surface area contributed by atoms with Gasteiger partial charge in [0.2, 0.25) is 0 Å². The van der Waals surface area contributed by atoms with Gasteiger partial charge in [-0.1, -0.05) is 0 Å². The standard InChI is InChI=1S/C12H16FNO4/c1-16-10-6-8(13)4-5-9(10)12(15)14-7-11(17-2)18-3/h4-6,11H,7H2,1-3H3,(H,14,15). The number of carbonyl (C=O) groups is 1. The first-order chi connectivity index (χ1) is 8.62. The molecule has 1 amide bonds. The van der Waals surface area contributed by atoms with Crippen LogP contribution in [0.15, 0.2) is 18.2 Å². The van der Waals surface area contributed by atoms with Gasteiger partial charge in [-0.15, -0.1) is 0 Å². The van der Waals surface area contributed by atoms with E-state index in [1.807, 2.05) is 0 Å². The van der Waals surface area contributed by atoms with Crippen LogP contribution >= 0.6 is 0 Å². The molecule has 1 N–H and O–H groups in total. The van der Waals surface area contributed by atoms with Crippen LogP contribution in [0.4, 0.5) is 4.39 Å². The van der Waals surface area contributed by atoms with Gasteiger partial charge in [0.25, 0.3) is 5.91 Å². The molecule has 0 bridgehead atoms. The fraction of sp³-hybridized carbons (Fsp3) is 0.417. The van der Waals surface area contributed by atoms with Gasteiger partial charge in [0, 0.05) is 20.3 Å². The van der Waals surface area contributed by atoms with Crippen molar-refractivity contribution in [1.82, 2.24) is 5.32 Å². The van der Waals surface area contributed by atoms with E-state index >= 15 is 0 Å². The molecule has 0 unspecified atom stereocenters. The third-order valence-corrected chi connectivity index (χ3v) is 2.36. The topological polar surface area (TPSA) is 56.8 Å². The summed E-state index contributed by atoms with van der Waals surface area (Å²) in [7, 11) is 4.32. The lowest BCUT2D eigenvalue weighted by atomic mass is 10.2. The maximum absolute atomic E-state index is 13.0. The average molecular weight is 257 g/mol. The Balaban J connectivity index is 2.72. The van der Waals surface area contributed by atoms with E-state index in [9.17, 15) is 9.18 Å². The summed E-state index contributed by atoms with van der Waals surface area (Å²) in [5.74, 6) is -0.667. The van der Waals surface area contributed by atoms with Crippen LogP contribution in [0.2, 0.25) is 0 Å². The Morgan fingerprint density at radius 1 is 1.33 bits per heavy atom. The maximum atomic E-state index is 13.0. The Morgan fingerprint density at radius 2 is 2.00 bits per heavy atom. The molecule has 18 heavy (non-hydrogen) atoms. The summed E-state index contributed by atoms with van der Waals surface area (Å²) in [6.45, 7) is 0.187. The maximum Gasteiger partial charge on any atom is 0.255 e. The average Bonchev–Trinajstić information content (AvgIpc) is 2.39. The molecule has 0 aliphatic heterocycles. The first-order valence-electron chi connectivity index (χ1n) is 5.29. The van der Waals surface area contributed by atoms with Gasteiger partial charge in [-0.2, -0.15) is 0 Å². The van der Waals surface area contributed by atoms with Gasteiger partial charge in [0.15, 0.2) is 6.29 Å². The summed E-state index contributed by atoms with van der Waals surface area (Å²) >= 11 is 0. The van der Waals surface area contributed by atoms with Crippen molar-refractivity contribution in [3.63, 3.8) is 0 Å². The van der Waals surface area contributed by atoms with E-state index in [4.69, 9.17) is 14.2 Å². The molecule has 1 rings (SSSR count). The highest BCUT2D eigenvalue weighted by Gasteiger charge is 2.14. The van der Waals surface area contributed by atoms with Crippen LogP contribution in [0, 0.1) is 5.82 Å². The lowest BCUT2D eigenvalue weighted by Gasteiger charge is -2.15. The van der Waals surface area contributed by atoms with Gasteiger partial charge >= 0.3 is 0 Å². The van der Waals surface area contributed by atoms with E-state index in [2.05, 4.69) is 5.32 Å². The highest BCUT2D eigenvalue weighted by atomic mass is 19.1. The highest BCUT2D eigenvalue weighted by Crippen LogP contribution is 2.19. The number of carbonyl (C=O) groups excluding carboxylic acids is 1. The molecule has 0 aliphatic carbocycles. The third-order valence-electron chi connectivity index (χ3n) is 2.36. The number of hydrogen-bond acceptors (Lipinski definition) is 4. The quantitative estimate of drug-likeness (QED) is 0.778. The summed E-state index contributed by atoms with van der Waals surface area (Å²) in [6.07, 6.45) is -0.527. The largest absolute Gasteiger partial charge is 0.496 e. The number of ether oxygens (including phenoxy) is 3. The predicted octanol–water partition coefficient (Wildman–Crippen LogP) is 1.18. The SMILES string of the molecule is COc1cc(F)ccc1C(=O)NCC(OC)OC. The molecule has 1 aromatic rings. The van der Waals surface area contributed by atoms with Crippen molar-refractivity contribution in [2.75, 3.05) is 27.9 Å². The molecule has 5 nitrogen and oxygen atoms in total. The summed E-state index contributed by atoms with van der Waals surface area (Å²) in [6, 6.07) is 3.71. The van der Waals surface area contributed by atoms with Gasteiger partial charge < -0.3 is 19.5 Å². The van der Waals surface area contributed by atoms with Crippen molar-refractivity contribution >= 4 is 5.91 Å². The molecule has 100 valence electrons. The zero-order chi connectivity index (χ0) is 13.5. The van der Waals surface area contributed by atoms with Crippen molar-refractivity contribution in [2.45, 2.75) is 6.29 Å². The zero-order valence-corrected chi connectivity index (χ0v) is 10.5. The minimum atomic E-state index is -0.527. The summed E-state index contributed by atoms with van der Waals surface area (Å²) in [4.78, 5) is 11.8. The van der Waals surface area contributed by atoms with Crippen molar-refractivity contribution in [3.8, 4) is 5.75 Å². The lowest BCUT2D eigenvalue weighted by molar-refractivity contribution is -0.0974. The predicted molar refractivity (Wildman–Crippen MR) is 63.1 cm³/mol. The monoisotopic (exact) mass is 257 g/mol. The fourth-order valence-electron chi connectivity index (χ4n) is 1.39. The number of halogens is 1. The van der Waals surface area contributed by atoms with Crippen LogP contribution < -0.4 is 10.1 Å². The molecule has 0 radical (unpaired) electrons. The Morgan fingerprint density at radius 3 is 2.56 bits per heavy atom. The highest BCUT2D eigenvalue weighted by molar-refractivity contribution is 5.96. The first kappa shape index (κ1) is 14.4.